The van der Waals surface area contributed by atoms with E-state index in [1.54, 1.807) is 18.2 Å². The average Bonchev–Trinajstić information content (AvgIpc) is 2.82. The quantitative estimate of drug-likeness (QED) is 0.880. The van der Waals surface area contributed by atoms with E-state index in [0.29, 0.717) is 18.7 Å². The molecule has 0 fully saturated rings. The summed E-state index contributed by atoms with van der Waals surface area (Å²) in [7, 11) is 0. The monoisotopic (exact) mass is 299 g/mol. The Morgan fingerprint density at radius 1 is 1.10 bits per heavy atom. The molecule has 21 heavy (non-hydrogen) atoms. The number of para-hydroxylation sites is 1. The predicted molar refractivity (Wildman–Crippen MR) is 72.0 cm³/mol. The molecule has 0 saturated heterocycles. The number of furan rings is 1. The minimum absolute atomic E-state index is 0.234. The first-order valence-corrected chi connectivity index (χ1v) is 6.47. The zero-order valence-corrected chi connectivity index (χ0v) is 11.5. The van der Waals surface area contributed by atoms with Crippen LogP contribution in [0.15, 0.2) is 40.8 Å². The Labute approximate surface area is 120 Å². The summed E-state index contributed by atoms with van der Waals surface area (Å²) in [6.07, 6.45) is -4.34. The van der Waals surface area contributed by atoms with E-state index in [1.807, 2.05) is 19.1 Å². The summed E-state index contributed by atoms with van der Waals surface area (Å²) < 4.78 is 46.8. The molecule has 0 aliphatic rings. The van der Waals surface area contributed by atoms with Crippen molar-refractivity contribution in [3.05, 3.63) is 53.5 Å². The minimum atomic E-state index is -4.34. The van der Waals surface area contributed by atoms with Crippen molar-refractivity contribution in [1.82, 2.24) is 5.32 Å². The highest BCUT2D eigenvalue weighted by Gasteiger charge is 2.28. The minimum Gasteiger partial charge on any atom is -0.484 e. The molecule has 1 heterocycles. The number of alkyl halides is 3. The summed E-state index contributed by atoms with van der Waals surface area (Å²) in [5, 5.41) is 3.11. The highest BCUT2D eigenvalue weighted by molar-refractivity contribution is 5.33. The first-order chi connectivity index (χ1) is 9.94. The summed E-state index contributed by atoms with van der Waals surface area (Å²) in [4.78, 5) is 0. The van der Waals surface area contributed by atoms with E-state index < -0.39 is 12.8 Å². The molecule has 2 rings (SSSR count). The van der Waals surface area contributed by atoms with Gasteiger partial charge in [0.1, 0.15) is 17.3 Å². The topological polar surface area (TPSA) is 34.4 Å². The van der Waals surface area contributed by atoms with Crippen LogP contribution < -0.4 is 10.1 Å². The number of ether oxygens (including phenoxy) is 1. The van der Waals surface area contributed by atoms with Crippen LogP contribution in [-0.2, 0) is 13.1 Å². The fourth-order valence-electron chi connectivity index (χ4n) is 1.85. The molecule has 3 nitrogen and oxygen atoms in total. The van der Waals surface area contributed by atoms with Crippen LogP contribution in [0.3, 0.4) is 0 Å². The lowest BCUT2D eigenvalue weighted by atomic mass is 10.2. The van der Waals surface area contributed by atoms with Crippen molar-refractivity contribution in [3.63, 3.8) is 0 Å². The van der Waals surface area contributed by atoms with Crippen LogP contribution >= 0.6 is 0 Å². The van der Waals surface area contributed by atoms with Crippen LogP contribution in [0.5, 0.6) is 5.75 Å². The number of rotatable bonds is 6. The lowest BCUT2D eigenvalue weighted by molar-refractivity contribution is -0.153. The Bertz CT molecular complexity index is 578. The normalized spacial score (nSPS) is 11.6. The largest absolute Gasteiger partial charge is 0.484 e. The molecule has 6 heteroatoms. The predicted octanol–water partition coefficient (Wildman–Crippen LogP) is 3.82. The maximum atomic E-state index is 12.2. The highest BCUT2D eigenvalue weighted by Crippen LogP contribution is 2.22. The third kappa shape index (κ3) is 5.15. The second-order valence-corrected chi connectivity index (χ2v) is 4.63. The van der Waals surface area contributed by atoms with Crippen LogP contribution in [0.25, 0.3) is 0 Å². The lowest BCUT2D eigenvalue weighted by Gasteiger charge is -2.13. The number of halogens is 3. The molecule has 0 atom stereocenters. The van der Waals surface area contributed by atoms with E-state index in [9.17, 15) is 13.2 Å². The van der Waals surface area contributed by atoms with E-state index in [4.69, 9.17) is 9.15 Å². The second-order valence-electron chi connectivity index (χ2n) is 4.63. The van der Waals surface area contributed by atoms with E-state index in [1.165, 1.54) is 6.07 Å². The summed E-state index contributed by atoms with van der Waals surface area (Å²) in [5.74, 6) is 1.83. The smallest absolute Gasteiger partial charge is 0.422 e. The maximum Gasteiger partial charge on any atom is 0.422 e. The van der Waals surface area contributed by atoms with Gasteiger partial charge in [-0.05, 0) is 25.1 Å². The number of hydrogen-bond donors (Lipinski definition) is 1. The van der Waals surface area contributed by atoms with Crippen molar-refractivity contribution in [2.24, 2.45) is 0 Å². The van der Waals surface area contributed by atoms with Crippen molar-refractivity contribution in [1.29, 1.82) is 0 Å². The molecule has 1 aromatic carbocycles. The third-order valence-electron chi connectivity index (χ3n) is 2.77. The Balaban J connectivity index is 1.90. The van der Waals surface area contributed by atoms with Crippen LogP contribution in [0.2, 0.25) is 0 Å². The van der Waals surface area contributed by atoms with Crippen LogP contribution in [0, 0.1) is 6.92 Å². The molecule has 114 valence electrons. The second kappa shape index (κ2) is 6.67. The van der Waals surface area contributed by atoms with Crippen molar-refractivity contribution in [2.45, 2.75) is 26.2 Å². The molecule has 0 bridgehead atoms. The number of nitrogens with one attached hydrogen (secondary N) is 1. The zero-order valence-electron chi connectivity index (χ0n) is 11.5. The summed E-state index contributed by atoms with van der Waals surface area (Å²) >= 11 is 0. The fourth-order valence-corrected chi connectivity index (χ4v) is 1.85. The van der Waals surface area contributed by atoms with Gasteiger partial charge in [-0.15, -0.1) is 0 Å². The van der Waals surface area contributed by atoms with Crippen LogP contribution in [-0.4, -0.2) is 12.8 Å². The molecule has 0 saturated carbocycles. The van der Waals surface area contributed by atoms with Crippen molar-refractivity contribution >= 4 is 0 Å². The molecule has 2 aromatic rings. The van der Waals surface area contributed by atoms with Crippen molar-refractivity contribution in [3.8, 4) is 5.75 Å². The van der Waals surface area contributed by atoms with Gasteiger partial charge in [0.2, 0.25) is 0 Å². The molecule has 0 unspecified atom stereocenters. The molecule has 0 spiro atoms. The molecule has 0 aliphatic heterocycles. The summed E-state index contributed by atoms with van der Waals surface area (Å²) in [6.45, 7) is 1.46. The first-order valence-electron chi connectivity index (χ1n) is 6.47. The standard InChI is InChI=1S/C15H16F3NO2/c1-11-6-7-13(21-11)9-19-8-12-4-2-3-5-14(12)20-10-15(16,17)18/h2-7,19H,8-10H2,1H3. The molecule has 0 aliphatic carbocycles. The Hall–Kier alpha value is -1.95. The van der Waals surface area contributed by atoms with Gasteiger partial charge in [-0.1, -0.05) is 18.2 Å². The SMILES string of the molecule is Cc1ccc(CNCc2ccccc2OCC(F)(F)F)o1. The third-order valence-corrected chi connectivity index (χ3v) is 2.77. The van der Waals surface area contributed by atoms with Crippen LogP contribution in [0.1, 0.15) is 17.1 Å². The van der Waals surface area contributed by atoms with Crippen molar-refractivity contribution < 1.29 is 22.3 Å². The van der Waals surface area contributed by atoms with Gasteiger partial charge in [0, 0.05) is 12.1 Å². The van der Waals surface area contributed by atoms with Gasteiger partial charge < -0.3 is 14.5 Å². The Morgan fingerprint density at radius 2 is 1.86 bits per heavy atom. The van der Waals surface area contributed by atoms with Gasteiger partial charge >= 0.3 is 6.18 Å². The fraction of sp³-hybridized carbons (Fsp3) is 0.333. The number of hydrogen-bond acceptors (Lipinski definition) is 3. The molecular weight excluding hydrogens is 283 g/mol. The number of benzene rings is 1. The van der Waals surface area contributed by atoms with Crippen molar-refractivity contribution in [2.75, 3.05) is 6.61 Å². The molecule has 0 amide bonds. The average molecular weight is 299 g/mol. The van der Waals surface area contributed by atoms with E-state index >= 15 is 0 Å². The zero-order chi connectivity index (χ0) is 15.3. The van der Waals surface area contributed by atoms with E-state index in [-0.39, 0.29) is 5.75 Å². The first kappa shape index (κ1) is 15.4. The van der Waals surface area contributed by atoms with Gasteiger partial charge in [-0.3, -0.25) is 0 Å². The maximum absolute atomic E-state index is 12.2. The van der Waals surface area contributed by atoms with Gasteiger partial charge in [0.25, 0.3) is 0 Å². The van der Waals surface area contributed by atoms with Gasteiger partial charge in [0.05, 0.1) is 6.54 Å². The van der Waals surface area contributed by atoms with Gasteiger partial charge in [-0.25, -0.2) is 0 Å². The van der Waals surface area contributed by atoms with Gasteiger partial charge in [0.15, 0.2) is 6.61 Å². The molecule has 0 radical (unpaired) electrons. The lowest BCUT2D eigenvalue weighted by Crippen LogP contribution is -2.20. The van der Waals surface area contributed by atoms with Crippen LogP contribution in [0.4, 0.5) is 13.2 Å². The molecule has 1 aromatic heterocycles. The highest BCUT2D eigenvalue weighted by atomic mass is 19.4. The summed E-state index contributed by atoms with van der Waals surface area (Å²) in [5.41, 5.74) is 0.671. The van der Waals surface area contributed by atoms with Gasteiger partial charge in [-0.2, -0.15) is 13.2 Å². The van der Waals surface area contributed by atoms with E-state index in [2.05, 4.69) is 5.32 Å². The molecular formula is C15H16F3NO2. The molecule has 1 N–H and O–H groups in total. The number of aryl methyl sites for hydroxylation is 1. The Morgan fingerprint density at radius 3 is 2.52 bits per heavy atom. The Kier molecular flexibility index (Phi) is 4.90. The van der Waals surface area contributed by atoms with E-state index in [0.717, 1.165) is 11.5 Å². The summed E-state index contributed by atoms with van der Waals surface area (Å²) in [6, 6.07) is 10.4.